The summed E-state index contributed by atoms with van der Waals surface area (Å²) in [5.74, 6) is 0. The van der Waals surface area contributed by atoms with Gasteiger partial charge in [0.15, 0.2) is 0 Å². The molecular formula is C17H18. The molecular weight excluding hydrogens is 204 g/mol. The van der Waals surface area contributed by atoms with Crippen LogP contribution in [0.25, 0.3) is 6.08 Å². The highest BCUT2D eigenvalue weighted by Crippen LogP contribution is 2.08. The van der Waals surface area contributed by atoms with Crippen LogP contribution in [-0.2, 0) is 6.42 Å². The number of hydrogen-bond acceptors (Lipinski definition) is 0. The Bertz CT molecular complexity index is 480. The zero-order valence-corrected chi connectivity index (χ0v) is 10.3. The molecule has 2 aromatic carbocycles. The van der Waals surface area contributed by atoms with Gasteiger partial charge in [-0.1, -0.05) is 72.3 Å². The van der Waals surface area contributed by atoms with Crippen LogP contribution in [0.3, 0.4) is 0 Å². The summed E-state index contributed by atoms with van der Waals surface area (Å²) in [7, 11) is 0. The Morgan fingerprint density at radius 1 is 0.941 bits per heavy atom. The highest BCUT2D eigenvalue weighted by Gasteiger charge is 1.89. The smallest absolute Gasteiger partial charge is 0.0244 e. The second kappa shape index (κ2) is 6.05. The molecule has 0 aliphatic heterocycles. The van der Waals surface area contributed by atoms with Gasteiger partial charge in [0, 0.05) is 0 Å². The number of hydrogen-bond donors (Lipinski definition) is 0. The monoisotopic (exact) mass is 222 g/mol. The summed E-state index contributed by atoms with van der Waals surface area (Å²) in [5.41, 5.74) is 4.01. The molecule has 0 heteroatoms. The van der Waals surface area contributed by atoms with E-state index in [1.165, 1.54) is 16.7 Å². The van der Waals surface area contributed by atoms with Crippen LogP contribution in [0.15, 0.2) is 60.7 Å². The number of rotatable bonds is 4. The zero-order chi connectivity index (χ0) is 11.9. The van der Waals surface area contributed by atoms with Crippen molar-refractivity contribution in [3.63, 3.8) is 0 Å². The molecule has 0 saturated carbocycles. The summed E-state index contributed by atoms with van der Waals surface area (Å²) in [6.07, 6.45) is 6.67. The van der Waals surface area contributed by atoms with E-state index >= 15 is 0 Å². The molecule has 2 rings (SSSR count). The normalized spacial score (nSPS) is 10.9. The average Bonchev–Trinajstić information content (AvgIpc) is 2.36. The molecule has 0 aliphatic carbocycles. The van der Waals surface area contributed by atoms with E-state index in [0.29, 0.717) is 0 Å². The summed E-state index contributed by atoms with van der Waals surface area (Å²) >= 11 is 0. The standard InChI is InChI=1S/C17H18/c1-15-8-7-13-17(14-15)12-6-5-11-16-9-3-2-4-10-16/h2-4,6-10,12-14H,5,11H2,1H3/b12-6+. The molecule has 0 fully saturated rings. The van der Waals surface area contributed by atoms with Crippen molar-refractivity contribution in [1.82, 2.24) is 0 Å². The molecule has 0 unspecified atom stereocenters. The minimum absolute atomic E-state index is 1.10. The van der Waals surface area contributed by atoms with Crippen molar-refractivity contribution in [2.45, 2.75) is 19.8 Å². The molecule has 0 amide bonds. The van der Waals surface area contributed by atoms with Gasteiger partial charge in [-0.15, -0.1) is 0 Å². The van der Waals surface area contributed by atoms with E-state index in [1.807, 2.05) is 0 Å². The Morgan fingerprint density at radius 3 is 2.53 bits per heavy atom. The van der Waals surface area contributed by atoms with Gasteiger partial charge in [-0.05, 0) is 30.9 Å². The Labute approximate surface area is 104 Å². The summed E-state index contributed by atoms with van der Waals surface area (Å²) in [6, 6.07) is 19.2. The van der Waals surface area contributed by atoms with E-state index in [1.54, 1.807) is 0 Å². The summed E-state index contributed by atoms with van der Waals surface area (Å²) in [5, 5.41) is 0. The average molecular weight is 222 g/mol. The maximum absolute atomic E-state index is 2.25. The molecule has 0 aliphatic rings. The van der Waals surface area contributed by atoms with E-state index in [9.17, 15) is 0 Å². The Hall–Kier alpha value is -1.82. The second-order valence-electron chi connectivity index (χ2n) is 4.34. The van der Waals surface area contributed by atoms with Crippen LogP contribution in [0.2, 0.25) is 0 Å². The fourth-order valence-corrected chi connectivity index (χ4v) is 1.89. The third-order valence-corrected chi connectivity index (χ3v) is 2.79. The summed E-state index contributed by atoms with van der Waals surface area (Å²) < 4.78 is 0. The van der Waals surface area contributed by atoms with Crippen molar-refractivity contribution in [2.24, 2.45) is 0 Å². The molecule has 0 saturated heterocycles. The Kier molecular flexibility index (Phi) is 4.15. The lowest BCUT2D eigenvalue weighted by Crippen LogP contribution is -1.81. The van der Waals surface area contributed by atoms with Crippen LogP contribution in [0.4, 0.5) is 0 Å². The molecule has 2 aromatic rings. The van der Waals surface area contributed by atoms with Gasteiger partial charge in [-0.2, -0.15) is 0 Å². The molecule has 0 aromatic heterocycles. The molecule has 0 spiro atoms. The maximum atomic E-state index is 2.25. The molecule has 0 bridgehead atoms. The first-order valence-corrected chi connectivity index (χ1v) is 6.12. The molecule has 0 nitrogen and oxygen atoms in total. The quantitative estimate of drug-likeness (QED) is 0.707. The van der Waals surface area contributed by atoms with Gasteiger partial charge in [0.2, 0.25) is 0 Å². The van der Waals surface area contributed by atoms with Gasteiger partial charge in [-0.25, -0.2) is 0 Å². The molecule has 86 valence electrons. The zero-order valence-electron chi connectivity index (χ0n) is 10.3. The first-order chi connectivity index (χ1) is 8.34. The van der Waals surface area contributed by atoms with Gasteiger partial charge < -0.3 is 0 Å². The lowest BCUT2D eigenvalue weighted by molar-refractivity contribution is 1.01. The van der Waals surface area contributed by atoms with E-state index in [2.05, 4.69) is 73.7 Å². The minimum atomic E-state index is 1.10. The van der Waals surface area contributed by atoms with Gasteiger partial charge >= 0.3 is 0 Å². The number of benzene rings is 2. The van der Waals surface area contributed by atoms with Crippen LogP contribution in [-0.4, -0.2) is 0 Å². The molecule has 0 N–H and O–H groups in total. The van der Waals surface area contributed by atoms with Crippen molar-refractivity contribution in [2.75, 3.05) is 0 Å². The number of allylic oxidation sites excluding steroid dienone is 1. The third-order valence-electron chi connectivity index (χ3n) is 2.79. The van der Waals surface area contributed by atoms with Crippen LogP contribution >= 0.6 is 0 Å². The third kappa shape index (κ3) is 3.92. The van der Waals surface area contributed by atoms with Gasteiger partial charge in [0.05, 0.1) is 0 Å². The lowest BCUT2D eigenvalue weighted by Gasteiger charge is -1.97. The highest BCUT2D eigenvalue weighted by atomic mass is 14.0. The molecule has 17 heavy (non-hydrogen) atoms. The first-order valence-electron chi connectivity index (χ1n) is 6.12. The van der Waals surface area contributed by atoms with E-state index in [-0.39, 0.29) is 0 Å². The van der Waals surface area contributed by atoms with E-state index < -0.39 is 0 Å². The number of aryl methyl sites for hydroxylation is 2. The lowest BCUT2D eigenvalue weighted by atomic mass is 10.1. The maximum Gasteiger partial charge on any atom is -0.0244 e. The predicted molar refractivity (Wildman–Crippen MR) is 75.0 cm³/mol. The van der Waals surface area contributed by atoms with E-state index in [0.717, 1.165) is 12.8 Å². The minimum Gasteiger partial charge on any atom is -0.0836 e. The topological polar surface area (TPSA) is 0 Å². The van der Waals surface area contributed by atoms with E-state index in [4.69, 9.17) is 0 Å². The van der Waals surface area contributed by atoms with Crippen molar-refractivity contribution in [3.05, 3.63) is 77.4 Å². The van der Waals surface area contributed by atoms with Gasteiger partial charge in [0.25, 0.3) is 0 Å². The Morgan fingerprint density at radius 2 is 1.76 bits per heavy atom. The Balaban J connectivity index is 1.86. The van der Waals surface area contributed by atoms with Crippen molar-refractivity contribution in [1.29, 1.82) is 0 Å². The fraction of sp³-hybridized carbons (Fsp3) is 0.176. The molecule has 0 heterocycles. The van der Waals surface area contributed by atoms with Crippen LogP contribution in [0.1, 0.15) is 23.1 Å². The summed E-state index contributed by atoms with van der Waals surface area (Å²) in [6.45, 7) is 2.13. The summed E-state index contributed by atoms with van der Waals surface area (Å²) in [4.78, 5) is 0. The molecule has 0 atom stereocenters. The van der Waals surface area contributed by atoms with Crippen molar-refractivity contribution in [3.8, 4) is 0 Å². The first kappa shape index (κ1) is 11.7. The van der Waals surface area contributed by atoms with Gasteiger partial charge in [-0.3, -0.25) is 0 Å². The van der Waals surface area contributed by atoms with Crippen LogP contribution < -0.4 is 0 Å². The second-order valence-corrected chi connectivity index (χ2v) is 4.34. The van der Waals surface area contributed by atoms with Crippen LogP contribution in [0.5, 0.6) is 0 Å². The van der Waals surface area contributed by atoms with Crippen molar-refractivity contribution < 1.29 is 0 Å². The van der Waals surface area contributed by atoms with Crippen molar-refractivity contribution >= 4 is 6.08 Å². The predicted octanol–water partition coefficient (Wildman–Crippen LogP) is 4.64. The molecule has 0 radical (unpaired) electrons. The fourth-order valence-electron chi connectivity index (χ4n) is 1.89. The van der Waals surface area contributed by atoms with Crippen LogP contribution in [0, 0.1) is 6.92 Å². The highest BCUT2D eigenvalue weighted by molar-refractivity contribution is 5.50. The van der Waals surface area contributed by atoms with Gasteiger partial charge in [0.1, 0.15) is 0 Å². The largest absolute Gasteiger partial charge is 0.0836 e. The SMILES string of the molecule is Cc1cccc(/C=C/CCc2ccccc2)c1.